The quantitative estimate of drug-likeness (QED) is 0.480. The maximum absolute atomic E-state index is 11.1. The second-order valence-electron chi connectivity index (χ2n) is 8.89. The summed E-state index contributed by atoms with van der Waals surface area (Å²) in [6.45, 7) is 3.99. The Morgan fingerprint density at radius 1 is 0.971 bits per heavy atom. The normalized spacial score (nSPS) is 12.3. The summed E-state index contributed by atoms with van der Waals surface area (Å²) in [5.74, 6) is 1.61. The van der Waals surface area contributed by atoms with Crippen LogP contribution in [-0.2, 0) is 17.6 Å². The number of hydrogen-bond acceptors (Lipinski definition) is 3. The first kappa shape index (κ1) is 23.4. The van der Waals surface area contributed by atoms with Crippen molar-refractivity contribution in [1.82, 2.24) is 0 Å². The highest BCUT2D eigenvalue weighted by atomic mass is 16.5. The van der Waals surface area contributed by atoms with Crippen molar-refractivity contribution >= 4 is 18.1 Å². The number of allylic oxidation sites excluding steroid dienone is 2. The summed E-state index contributed by atoms with van der Waals surface area (Å²) >= 11 is 0. The molecule has 34 heavy (non-hydrogen) atoms. The predicted molar refractivity (Wildman–Crippen MR) is 136 cm³/mol. The lowest BCUT2D eigenvalue weighted by Crippen LogP contribution is -2.28. The van der Waals surface area contributed by atoms with Crippen molar-refractivity contribution in [3.63, 3.8) is 0 Å². The summed E-state index contributed by atoms with van der Waals surface area (Å²) in [4.78, 5) is 11.1. The Morgan fingerprint density at radius 3 is 2.62 bits per heavy atom. The van der Waals surface area contributed by atoms with Crippen LogP contribution < -0.4 is 19.9 Å². The molecular weight excluding hydrogens is 424 g/mol. The molecule has 3 aromatic rings. The van der Waals surface area contributed by atoms with Gasteiger partial charge in [0.1, 0.15) is 17.2 Å². The third-order valence-corrected chi connectivity index (χ3v) is 5.69. The van der Waals surface area contributed by atoms with Crippen LogP contribution in [0.4, 0.5) is 0 Å². The molecule has 0 fully saturated rings. The van der Waals surface area contributed by atoms with Gasteiger partial charge in [-0.05, 0) is 64.6 Å². The minimum absolute atomic E-state index is 0.388. The summed E-state index contributed by atoms with van der Waals surface area (Å²) in [7, 11) is 0. The first-order chi connectivity index (χ1) is 16.5. The number of ether oxygens (including phenoxy) is 2. The van der Waals surface area contributed by atoms with Crippen LogP contribution in [0.1, 0.15) is 37.0 Å². The van der Waals surface area contributed by atoms with Crippen LogP contribution in [0.2, 0.25) is 0 Å². The lowest BCUT2D eigenvalue weighted by molar-refractivity contribution is -0.139. The third kappa shape index (κ3) is 5.96. The number of para-hydroxylation sites is 1. The zero-order valence-electron chi connectivity index (χ0n) is 19.7. The van der Waals surface area contributed by atoms with E-state index in [9.17, 15) is 4.79 Å². The van der Waals surface area contributed by atoms with E-state index in [0.29, 0.717) is 23.8 Å². The number of aliphatic carboxylic acids is 1. The Kier molecular flexibility index (Phi) is 7.48. The van der Waals surface area contributed by atoms with Crippen molar-refractivity contribution in [2.45, 2.75) is 33.1 Å². The Labute approximate surface area is 200 Å². The molecule has 4 heteroatoms. The molecule has 0 amide bonds. The molecule has 0 bridgehead atoms. The number of fused-ring (bicyclic) bond motifs is 1. The third-order valence-electron chi connectivity index (χ3n) is 5.69. The highest BCUT2D eigenvalue weighted by molar-refractivity contribution is 5.68. The van der Waals surface area contributed by atoms with Gasteiger partial charge in [-0.15, -0.1) is 0 Å². The van der Waals surface area contributed by atoms with Crippen LogP contribution in [-0.4, -0.2) is 17.7 Å². The number of carboxylic acids is 1. The number of rotatable bonds is 9. The van der Waals surface area contributed by atoms with Gasteiger partial charge in [-0.3, -0.25) is 0 Å². The molecular formula is C30H30O4. The summed E-state index contributed by atoms with van der Waals surface area (Å²) < 4.78 is 11.9. The van der Waals surface area contributed by atoms with Crippen LogP contribution in [0.15, 0.2) is 72.8 Å². The molecule has 0 unspecified atom stereocenters. The minimum Gasteiger partial charge on any atom is -0.482 e. The molecule has 174 valence electrons. The maximum Gasteiger partial charge on any atom is 0.341 e. The van der Waals surface area contributed by atoms with E-state index in [1.165, 1.54) is 10.4 Å². The van der Waals surface area contributed by atoms with Gasteiger partial charge in [0, 0.05) is 12.0 Å². The zero-order chi connectivity index (χ0) is 23.9. The lowest BCUT2D eigenvalue weighted by Gasteiger charge is -2.16. The summed E-state index contributed by atoms with van der Waals surface area (Å²) in [5.41, 5.74) is 3.21. The Hall–Kier alpha value is -3.79. The maximum atomic E-state index is 11.1. The summed E-state index contributed by atoms with van der Waals surface area (Å²) in [6, 6.07) is 20.0. The second kappa shape index (κ2) is 10.9. The molecule has 0 saturated carbocycles. The molecule has 3 aromatic carbocycles. The second-order valence-corrected chi connectivity index (χ2v) is 8.89. The molecule has 0 spiro atoms. The molecule has 4 nitrogen and oxygen atoms in total. The number of benzene rings is 3. The van der Waals surface area contributed by atoms with Gasteiger partial charge in [-0.2, -0.15) is 0 Å². The Morgan fingerprint density at radius 2 is 1.79 bits per heavy atom. The molecule has 0 aliphatic heterocycles. The molecule has 0 saturated heterocycles. The van der Waals surface area contributed by atoms with E-state index in [2.05, 4.69) is 62.4 Å². The van der Waals surface area contributed by atoms with E-state index in [-0.39, 0.29) is 6.61 Å². The fourth-order valence-electron chi connectivity index (χ4n) is 4.20. The van der Waals surface area contributed by atoms with Crippen molar-refractivity contribution in [1.29, 1.82) is 0 Å². The Bertz CT molecular complexity index is 1320. The molecule has 1 aliphatic carbocycles. The predicted octanol–water partition coefficient (Wildman–Crippen LogP) is 5.25. The van der Waals surface area contributed by atoms with Gasteiger partial charge < -0.3 is 14.6 Å². The van der Waals surface area contributed by atoms with Gasteiger partial charge in [0.05, 0.1) is 0 Å². The topological polar surface area (TPSA) is 55.8 Å². The van der Waals surface area contributed by atoms with Crippen LogP contribution in [0.3, 0.4) is 0 Å². The minimum atomic E-state index is -1.00. The van der Waals surface area contributed by atoms with E-state index >= 15 is 0 Å². The van der Waals surface area contributed by atoms with Crippen molar-refractivity contribution in [2.24, 2.45) is 5.92 Å². The van der Waals surface area contributed by atoms with Gasteiger partial charge in [-0.1, -0.05) is 74.5 Å². The van der Waals surface area contributed by atoms with Crippen LogP contribution in [0, 0.1) is 5.92 Å². The first-order valence-corrected chi connectivity index (χ1v) is 11.7. The van der Waals surface area contributed by atoms with E-state index in [0.717, 1.165) is 35.3 Å². The molecule has 0 radical (unpaired) electrons. The average molecular weight is 455 g/mol. The van der Waals surface area contributed by atoms with Crippen LogP contribution in [0.25, 0.3) is 12.2 Å². The van der Waals surface area contributed by atoms with Crippen molar-refractivity contribution in [3.05, 3.63) is 99.9 Å². The molecule has 0 heterocycles. The molecule has 4 rings (SSSR count). The van der Waals surface area contributed by atoms with Crippen LogP contribution >= 0.6 is 0 Å². The van der Waals surface area contributed by atoms with Crippen LogP contribution in [0.5, 0.6) is 17.2 Å². The van der Waals surface area contributed by atoms with Crippen molar-refractivity contribution < 1.29 is 19.4 Å². The molecule has 1 aliphatic rings. The number of carbonyl (C=O) groups is 1. The molecule has 1 N–H and O–H groups in total. The SMILES string of the molecule is CC(C)Cc1ccccc1Oc1ccc(OCC(=O)O)c(Cc2cccc3c2=CCC=CC=3)c1. The fraction of sp³-hybridized carbons (Fsp3) is 0.233. The monoisotopic (exact) mass is 454 g/mol. The highest BCUT2D eigenvalue weighted by Gasteiger charge is 2.12. The number of hydrogen-bond donors (Lipinski definition) is 1. The summed E-state index contributed by atoms with van der Waals surface area (Å²) in [6.07, 6.45) is 11.0. The molecule has 0 aromatic heterocycles. The van der Waals surface area contributed by atoms with Gasteiger partial charge in [-0.25, -0.2) is 4.79 Å². The number of carboxylic acid groups (broad SMARTS) is 1. The highest BCUT2D eigenvalue weighted by Crippen LogP contribution is 2.31. The van der Waals surface area contributed by atoms with Gasteiger partial charge in [0.25, 0.3) is 0 Å². The van der Waals surface area contributed by atoms with E-state index in [4.69, 9.17) is 14.6 Å². The van der Waals surface area contributed by atoms with Gasteiger partial charge in [0.15, 0.2) is 6.61 Å². The summed E-state index contributed by atoms with van der Waals surface area (Å²) in [5, 5.41) is 11.5. The average Bonchev–Trinajstić information content (AvgIpc) is 3.06. The van der Waals surface area contributed by atoms with E-state index in [1.54, 1.807) is 6.07 Å². The largest absolute Gasteiger partial charge is 0.482 e. The smallest absolute Gasteiger partial charge is 0.341 e. The standard InChI is InChI=1S/C30H30O4/c1-21(2)17-24-10-6-7-14-29(24)34-26-15-16-28(33-20-30(31)32)25(19-26)18-23-12-8-11-22-9-4-3-5-13-27(22)23/h3-4,6-16,19,21H,5,17-18,20H2,1-2H3,(H,31,32). The zero-order valence-corrected chi connectivity index (χ0v) is 19.7. The molecule has 0 atom stereocenters. The van der Waals surface area contributed by atoms with Gasteiger partial charge >= 0.3 is 5.97 Å². The van der Waals surface area contributed by atoms with Crippen molar-refractivity contribution in [2.75, 3.05) is 6.61 Å². The fourth-order valence-corrected chi connectivity index (χ4v) is 4.20. The Balaban J connectivity index is 1.70. The van der Waals surface area contributed by atoms with Gasteiger partial charge in [0.2, 0.25) is 0 Å². The first-order valence-electron chi connectivity index (χ1n) is 11.7. The van der Waals surface area contributed by atoms with E-state index in [1.807, 2.05) is 30.3 Å². The van der Waals surface area contributed by atoms with E-state index < -0.39 is 5.97 Å². The lowest BCUT2D eigenvalue weighted by atomic mass is 10.00. The van der Waals surface area contributed by atoms with Crippen molar-refractivity contribution in [3.8, 4) is 17.2 Å².